The topological polar surface area (TPSA) is 145 Å². The number of aromatic amines is 4. The lowest BCUT2D eigenvalue weighted by atomic mass is 10.0. The second kappa shape index (κ2) is 16.0. The first-order valence-electron chi connectivity index (χ1n) is 19.6. The average molecular weight is 812 g/mol. The van der Waals surface area contributed by atoms with E-state index in [0.717, 1.165) is 88.7 Å². The molecule has 0 saturated carbocycles. The van der Waals surface area contributed by atoms with Crippen LogP contribution in [-0.4, -0.2) is 62.6 Å². The van der Waals surface area contributed by atoms with Gasteiger partial charge in [0.2, 0.25) is 0 Å². The molecule has 1 aliphatic heterocycles. The summed E-state index contributed by atoms with van der Waals surface area (Å²) in [6.45, 7) is 0. The number of nitrogen functional groups attached to an aromatic ring is 1. The number of hydrogen-bond donors (Lipinski definition) is 5. The van der Waals surface area contributed by atoms with Crippen LogP contribution in [0.15, 0.2) is 127 Å². The second-order valence-electron chi connectivity index (χ2n) is 14.6. The van der Waals surface area contributed by atoms with Gasteiger partial charge in [-0.1, -0.05) is 12.1 Å². The Bertz CT molecular complexity index is 3120. The molecule has 306 valence electrons. The van der Waals surface area contributed by atoms with Crippen molar-refractivity contribution >= 4 is 28.0 Å². The average Bonchev–Trinajstić information content (AvgIpc) is 4.15. The van der Waals surface area contributed by atoms with Crippen LogP contribution in [0.1, 0.15) is 45.0 Å². The standard InChI is InChI=1S/C50H45N5O6/c1-56-33-19-29(20-34(25-33)57-2)48-41-13-11-39(52-41)47(28-7-9-32(51)10-8-28)40-12-14-42(53-40)49(30-21-35(58-3)26-36(22-30)59-4)44-16-18-46(55-44)50(45-17-15-43(48)54-45)31-23-37(60-5)27-38(24-31)61-6/h7-27,52-55H,51H2,1-6H3. The third kappa shape index (κ3) is 7.27. The van der Waals surface area contributed by atoms with E-state index < -0.39 is 0 Å². The fourth-order valence-electron chi connectivity index (χ4n) is 8.08. The van der Waals surface area contributed by atoms with Crippen molar-refractivity contribution in [3.63, 3.8) is 0 Å². The highest BCUT2D eigenvalue weighted by Gasteiger charge is 2.20. The van der Waals surface area contributed by atoms with E-state index in [0.29, 0.717) is 40.2 Å². The van der Waals surface area contributed by atoms with Gasteiger partial charge in [-0.2, -0.15) is 0 Å². The number of H-pyrrole nitrogens is 4. The predicted octanol–water partition coefficient (Wildman–Crippen LogP) is 5.94. The summed E-state index contributed by atoms with van der Waals surface area (Å²) in [7, 11) is 9.93. The summed E-state index contributed by atoms with van der Waals surface area (Å²) in [6.07, 6.45) is 0. The summed E-state index contributed by atoms with van der Waals surface area (Å²) in [4.78, 5) is 15.3. The van der Waals surface area contributed by atoms with Gasteiger partial charge >= 0.3 is 0 Å². The molecule has 9 rings (SSSR count). The number of anilines is 1. The van der Waals surface area contributed by atoms with Crippen LogP contribution in [-0.2, 0) is 0 Å². The van der Waals surface area contributed by atoms with Crippen molar-refractivity contribution in [1.29, 1.82) is 0 Å². The summed E-state index contributed by atoms with van der Waals surface area (Å²) in [5, 5.41) is 3.47. The van der Waals surface area contributed by atoms with Crippen LogP contribution in [0.5, 0.6) is 34.5 Å². The van der Waals surface area contributed by atoms with Crippen molar-refractivity contribution in [2.75, 3.05) is 48.4 Å². The van der Waals surface area contributed by atoms with E-state index in [1.807, 2.05) is 78.9 Å². The summed E-state index contributed by atoms with van der Waals surface area (Å²) in [5.41, 5.74) is 17.6. The van der Waals surface area contributed by atoms with Crippen molar-refractivity contribution in [1.82, 2.24) is 19.9 Å². The Labute approximate surface area is 352 Å². The molecular formula is C50H45N5O6. The molecule has 0 unspecified atom stereocenters. The second-order valence-corrected chi connectivity index (χ2v) is 14.6. The molecule has 4 aromatic carbocycles. The van der Waals surface area contributed by atoms with E-state index in [-0.39, 0.29) is 0 Å². The van der Waals surface area contributed by atoms with Crippen LogP contribution < -0.4 is 55.6 Å². The van der Waals surface area contributed by atoms with Gasteiger partial charge < -0.3 is 54.1 Å². The third-order valence-corrected chi connectivity index (χ3v) is 11.0. The summed E-state index contributed by atoms with van der Waals surface area (Å²) >= 11 is 0. The summed E-state index contributed by atoms with van der Waals surface area (Å²) < 4.78 is 34.7. The highest BCUT2D eigenvalue weighted by Crippen LogP contribution is 2.34. The van der Waals surface area contributed by atoms with E-state index in [2.05, 4.69) is 68.5 Å². The van der Waals surface area contributed by atoms with Crippen molar-refractivity contribution in [2.24, 2.45) is 0 Å². The summed E-state index contributed by atoms with van der Waals surface area (Å²) in [6, 6.07) is 42.4. The molecule has 0 fully saturated rings. The first kappa shape index (κ1) is 38.6. The number of nitrogens with one attached hydrogen (secondary N) is 4. The lowest BCUT2D eigenvalue weighted by molar-refractivity contribution is 0.394. The first-order chi connectivity index (χ1) is 29.8. The molecule has 0 spiro atoms. The van der Waals surface area contributed by atoms with Crippen LogP contribution in [0.2, 0.25) is 0 Å². The Kier molecular flexibility index (Phi) is 10.1. The van der Waals surface area contributed by atoms with Gasteiger partial charge in [0.05, 0.1) is 42.7 Å². The Morgan fingerprint density at radius 2 is 0.557 bits per heavy atom. The van der Waals surface area contributed by atoms with Crippen molar-refractivity contribution in [3.05, 3.63) is 194 Å². The van der Waals surface area contributed by atoms with Gasteiger partial charge in [0.25, 0.3) is 0 Å². The molecule has 0 aliphatic carbocycles. The number of rotatable bonds is 10. The van der Waals surface area contributed by atoms with E-state index in [9.17, 15) is 0 Å². The number of aromatic nitrogens is 4. The van der Waals surface area contributed by atoms with E-state index in [1.54, 1.807) is 42.7 Å². The van der Waals surface area contributed by atoms with Gasteiger partial charge in [0.1, 0.15) is 34.5 Å². The largest absolute Gasteiger partial charge is 0.497 e. The normalized spacial score (nSPS) is 12.4. The quantitative estimate of drug-likeness (QED) is 0.108. The number of hydrogen-bond acceptors (Lipinski definition) is 7. The zero-order valence-corrected chi connectivity index (χ0v) is 34.7. The predicted molar refractivity (Wildman–Crippen MR) is 238 cm³/mol. The molecule has 0 atom stereocenters. The van der Waals surface area contributed by atoms with Gasteiger partial charge in [-0.05, 0) is 119 Å². The number of benzene rings is 4. The maximum atomic E-state index is 6.22. The minimum absolute atomic E-state index is 0.657. The fraction of sp³-hybridized carbons (Fsp3) is 0.120. The monoisotopic (exact) mass is 811 g/mol. The lowest BCUT2D eigenvalue weighted by Gasteiger charge is -2.13. The van der Waals surface area contributed by atoms with Crippen LogP contribution in [0.4, 0.5) is 5.69 Å². The summed E-state index contributed by atoms with van der Waals surface area (Å²) in [5.74, 6) is 3.97. The molecule has 11 nitrogen and oxygen atoms in total. The van der Waals surface area contributed by atoms with Gasteiger partial charge in [-0.25, -0.2) is 0 Å². The third-order valence-electron chi connectivity index (χ3n) is 11.0. The van der Waals surface area contributed by atoms with E-state index in [1.165, 1.54) is 0 Å². The smallest absolute Gasteiger partial charge is 0.123 e. The molecule has 0 radical (unpaired) electrons. The zero-order valence-electron chi connectivity index (χ0n) is 34.7. The minimum atomic E-state index is 0.657. The molecule has 0 saturated heterocycles. The van der Waals surface area contributed by atoms with E-state index >= 15 is 0 Å². The molecular weight excluding hydrogens is 767 g/mol. The molecule has 11 heteroatoms. The zero-order chi connectivity index (χ0) is 42.2. The number of fused-ring (bicyclic) bond motifs is 8. The number of ether oxygens (including phenoxy) is 6. The highest BCUT2D eigenvalue weighted by atomic mass is 16.5. The molecule has 6 N–H and O–H groups in total. The molecule has 61 heavy (non-hydrogen) atoms. The maximum Gasteiger partial charge on any atom is 0.123 e. The van der Waals surface area contributed by atoms with Crippen molar-refractivity contribution in [2.45, 2.75) is 0 Å². The number of methoxy groups -OCH3 is 6. The lowest BCUT2D eigenvalue weighted by Crippen LogP contribution is -2.19. The molecule has 5 heterocycles. The molecule has 8 bridgehead atoms. The molecule has 4 aromatic heterocycles. The van der Waals surface area contributed by atoms with Gasteiger partial charge in [0.15, 0.2) is 0 Å². The Balaban J connectivity index is 1.45. The minimum Gasteiger partial charge on any atom is -0.497 e. The van der Waals surface area contributed by atoms with Gasteiger partial charge in [-0.3, -0.25) is 0 Å². The Hall–Kier alpha value is -7.92. The fourth-order valence-corrected chi connectivity index (χ4v) is 8.08. The van der Waals surface area contributed by atoms with Gasteiger partial charge in [-0.15, -0.1) is 0 Å². The number of nitrogens with two attached hydrogens (primary N) is 1. The SMILES string of the molecule is COc1cc(OC)cc(C2=c3ccc([nH]3)=C(c3ccc(N)cc3)c3ccc([nH]3)C(c3cc(OC)cc(OC)c3)=c3ccc([nH]3)=C(c3cc(OC)cc(OC)c3)c3ccc2[nH]3)c1. The van der Waals surface area contributed by atoms with E-state index in [4.69, 9.17) is 34.2 Å². The molecule has 8 aromatic rings. The van der Waals surface area contributed by atoms with Crippen LogP contribution >= 0.6 is 0 Å². The Morgan fingerprint density at radius 3 is 0.820 bits per heavy atom. The molecule has 1 aliphatic rings. The highest BCUT2D eigenvalue weighted by molar-refractivity contribution is 5.86. The van der Waals surface area contributed by atoms with Crippen molar-refractivity contribution < 1.29 is 28.4 Å². The van der Waals surface area contributed by atoms with Gasteiger partial charge in [0, 0.05) is 90.4 Å². The maximum absolute atomic E-state index is 6.22. The molecule has 0 amide bonds. The first-order valence-corrected chi connectivity index (χ1v) is 19.6. The van der Waals surface area contributed by atoms with Crippen LogP contribution in [0.3, 0.4) is 0 Å². The van der Waals surface area contributed by atoms with Crippen molar-refractivity contribution in [3.8, 4) is 34.5 Å². The Morgan fingerprint density at radius 1 is 0.295 bits per heavy atom. The van der Waals surface area contributed by atoms with Crippen LogP contribution in [0, 0.1) is 0 Å². The van der Waals surface area contributed by atoms with Crippen LogP contribution in [0.25, 0.3) is 22.3 Å².